The van der Waals surface area contributed by atoms with Crippen molar-refractivity contribution in [1.29, 1.82) is 0 Å². The van der Waals surface area contributed by atoms with E-state index in [0.717, 1.165) is 52.4 Å². The monoisotopic (exact) mass is 240 g/mol. The van der Waals surface area contributed by atoms with Gasteiger partial charge >= 0.3 is 5.97 Å². The normalized spacial score (nSPS) is 23.4. The Labute approximate surface area is 102 Å². The van der Waals surface area contributed by atoms with E-state index < -0.39 is 5.97 Å². The molecule has 2 aliphatic rings. The van der Waals surface area contributed by atoms with Crippen molar-refractivity contribution in [3.63, 3.8) is 0 Å². The maximum absolute atomic E-state index is 10.9. The van der Waals surface area contributed by atoms with Gasteiger partial charge in [-0.1, -0.05) is 6.08 Å². The molecule has 2 aliphatic heterocycles. The quantitative estimate of drug-likeness (QED) is 0.751. The fourth-order valence-corrected chi connectivity index (χ4v) is 2.26. The van der Waals surface area contributed by atoms with Crippen molar-refractivity contribution in [2.24, 2.45) is 0 Å². The Bertz CT molecular complexity index is 298. The van der Waals surface area contributed by atoms with Gasteiger partial charge in [0, 0.05) is 44.8 Å². The highest BCUT2D eigenvalue weighted by Crippen LogP contribution is 2.09. The third-order valence-electron chi connectivity index (χ3n) is 3.34. The number of carboxylic acids is 1. The predicted octanol–water partition coefficient (Wildman–Crippen LogP) is 0.0353. The maximum atomic E-state index is 10.9. The molecule has 0 bridgehead atoms. The summed E-state index contributed by atoms with van der Waals surface area (Å²) in [6.07, 6.45) is 2.69. The van der Waals surface area contributed by atoms with Gasteiger partial charge in [-0.25, -0.2) is 4.79 Å². The lowest BCUT2D eigenvalue weighted by Gasteiger charge is -2.31. The third-order valence-corrected chi connectivity index (χ3v) is 3.34. The van der Waals surface area contributed by atoms with Crippen LogP contribution in [-0.2, 0) is 9.53 Å². The van der Waals surface area contributed by atoms with E-state index in [1.54, 1.807) is 0 Å². The number of carboxylic acid groups (broad SMARTS) is 1. The van der Waals surface area contributed by atoms with Crippen molar-refractivity contribution in [1.82, 2.24) is 9.80 Å². The van der Waals surface area contributed by atoms with Gasteiger partial charge in [0.05, 0.1) is 13.2 Å². The van der Waals surface area contributed by atoms with Crippen molar-refractivity contribution >= 4 is 5.97 Å². The summed E-state index contributed by atoms with van der Waals surface area (Å²) in [6, 6.07) is 0. The van der Waals surface area contributed by atoms with E-state index in [2.05, 4.69) is 9.80 Å². The fourth-order valence-electron chi connectivity index (χ4n) is 2.26. The van der Waals surface area contributed by atoms with Crippen molar-refractivity contribution < 1.29 is 14.6 Å². The Morgan fingerprint density at radius 3 is 2.65 bits per heavy atom. The van der Waals surface area contributed by atoms with E-state index in [-0.39, 0.29) is 0 Å². The minimum atomic E-state index is -0.777. The van der Waals surface area contributed by atoms with Gasteiger partial charge < -0.3 is 9.84 Å². The van der Waals surface area contributed by atoms with Crippen LogP contribution >= 0.6 is 0 Å². The average Bonchev–Trinajstić information content (AvgIpc) is 2.38. The first-order chi connectivity index (χ1) is 8.25. The molecule has 1 fully saturated rings. The number of ether oxygens (including phenoxy) is 1. The zero-order chi connectivity index (χ0) is 12.1. The second kappa shape index (κ2) is 6.14. The Balaban J connectivity index is 1.72. The van der Waals surface area contributed by atoms with Gasteiger partial charge in [0.25, 0.3) is 0 Å². The van der Waals surface area contributed by atoms with Crippen molar-refractivity contribution in [2.75, 3.05) is 52.5 Å². The number of hydrogen-bond acceptors (Lipinski definition) is 4. The van der Waals surface area contributed by atoms with Crippen molar-refractivity contribution in [3.8, 4) is 0 Å². The third kappa shape index (κ3) is 3.80. The Hall–Kier alpha value is -0.910. The molecule has 0 aliphatic carbocycles. The number of hydrogen-bond donors (Lipinski definition) is 1. The molecule has 5 nitrogen and oxygen atoms in total. The largest absolute Gasteiger partial charge is 0.478 e. The van der Waals surface area contributed by atoms with E-state index in [1.807, 2.05) is 6.08 Å². The molecule has 0 spiro atoms. The van der Waals surface area contributed by atoms with Crippen LogP contribution in [0.3, 0.4) is 0 Å². The van der Waals surface area contributed by atoms with Gasteiger partial charge in [-0.15, -0.1) is 0 Å². The molecule has 0 amide bonds. The molecule has 2 rings (SSSR count). The van der Waals surface area contributed by atoms with Crippen LogP contribution < -0.4 is 0 Å². The van der Waals surface area contributed by atoms with Gasteiger partial charge in [0.15, 0.2) is 0 Å². The van der Waals surface area contributed by atoms with Crippen LogP contribution in [0.2, 0.25) is 0 Å². The SMILES string of the molecule is O=C(O)C1=CCCN(CCN2CCOCC2)C1. The fraction of sp³-hybridized carbons (Fsp3) is 0.750. The second-order valence-corrected chi connectivity index (χ2v) is 4.55. The zero-order valence-corrected chi connectivity index (χ0v) is 10.1. The lowest BCUT2D eigenvalue weighted by molar-refractivity contribution is -0.133. The van der Waals surface area contributed by atoms with Gasteiger partial charge in [0.1, 0.15) is 0 Å². The standard InChI is InChI=1S/C12H20N2O3/c15-12(16)11-2-1-3-14(10-11)5-4-13-6-8-17-9-7-13/h2H,1,3-10H2,(H,15,16). The maximum Gasteiger partial charge on any atom is 0.332 e. The summed E-state index contributed by atoms with van der Waals surface area (Å²) in [4.78, 5) is 15.5. The lowest BCUT2D eigenvalue weighted by atomic mass is 10.1. The summed E-state index contributed by atoms with van der Waals surface area (Å²) < 4.78 is 5.30. The van der Waals surface area contributed by atoms with Crippen LogP contribution in [0.15, 0.2) is 11.6 Å². The number of carbonyl (C=O) groups is 1. The molecule has 0 aromatic carbocycles. The molecular weight excluding hydrogens is 220 g/mol. The number of rotatable bonds is 4. The zero-order valence-electron chi connectivity index (χ0n) is 10.1. The molecule has 2 heterocycles. The molecule has 0 unspecified atom stereocenters. The first-order valence-electron chi connectivity index (χ1n) is 6.20. The highest BCUT2D eigenvalue weighted by molar-refractivity contribution is 5.87. The second-order valence-electron chi connectivity index (χ2n) is 4.55. The molecule has 1 N–H and O–H groups in total. The highest BCUT2D eigenvalue weighted by atomic mass is 16.5. The first-order valence-corrected chi connectivity index (χ1v) is 6.20. The molecule has 5 heteroatoms. The van der Waals surface area contributed by atoms with E-state index in [4.69, 9.17) is 9.84 Å². The first kappa shape index (κ1) is 12.5. The van der Waals surface area contributed by atoms with Crippen LogP contribution in [-0.4, -0.2) is 73.4 Å². The van der Waals surface area contributed by atoms with E-state index in [1.165, 1.54) is 0 Å². The van der Waals surface area contributed by atoms with Gasteiger partial charge in [-0.3, -0.25) is 9.80 Å². The van der Waals surface area contributed by atoms with Gasteiger partial charge in [-0.2, -0.15) is 0 Å². The minimum Gasteiger partial charge on any atom is -0.478 e. The lowest BCUT2D eigenvalue weighted by Crippen LogP contribution is -2.43. The highest BCUT2D eigenvalue weighted by Gasteiger charge is 2.18. The summed E-state index contributed by atoms with van der Waals surface area (Å²) >= 11 is 0. The van der Waals surface area contributed by atoms with Crippen LogP contribution in [0.1, 0.15) is 6.42 Å². The van der Waals surface area contributed by atoms with Crippen LogP contribution in [0.4, 0.5) is 0 Å². The topological polar surface area (TPSA) is 53.0 Å². The molecule has 17 heavy (non-hydrogen) atoms. The van der Waals surface area contributed by atoms with E-state index in [0.29, 0.717) is 12.1 Å². The Kier molecular flexibility index (Phi) is 4.53. The Morgan fingerprint density at radius 2 is 1.94 bits per heavy atom. The predicted molar refractivity (Wildman–Crippen MR) is 64.0 cm³/mol. The summed E-state index contributed by atoms with van der Waals surface area (Å²) in [5.74, 6) is -0.777. The van der Waals surface area contributed by atoms with E-state index in [9.17, 15) is 4.79 Å². The van der Waals surface area contributed by atoms with Crippen LogP contribution in [0.5, 0.6) is 0 Å². The molecule has 0 atom stereocenters. The van der Waals surface area contributed by atoms with Gasteiger partial charge in [0.2, 0.25) is 0 Å². The van der Waals surface area contributed by atoms with Crippen LogP contribution in [0.25, 0.3) is 0 Å². The summed E-state index contributed by atoms with van der Waals surface area (Å²) in [7, 11) is 0. The van der Waals surface area contributed by atoms with Gasteiger partial charge in [-0.05, 0) is 6.42 Å². The summed E-state index contributed by atoms with van der Waals surface area (Å²) in [5, 5.41) is 8.95. The molecule has 0 saturated carbocycles. The van der Waals surface area contributed by atoms with Crippen LogP contribution in [0, 0.1) is 0 Å². The van der Waals surface area contributed by atoms with Crippen molar-refractivity contribution in [2.45, 2.75) is 6.42 Å². The average molecular weight is 240 g/mol. The Morgan fingerprint density at radius 1 is 1.24 bits per heavy atom. The molecule has 0 aromatic rings. The molecular formula is C12H20N2O3. The molecule has 1 saturated heterocycles. The summed E-state index contributed by atoms with van der Waals surface area (Å²) in [6.45, 7) is 7.15. The molecule has 96 valence electrons. The van der Waals surface area contributed by atoms with Crippen molar-refractivity contribution in [3.05, 3.63) is 11.6 Å². The molecule has 0 radical (unpaired) electrons. The molecule has 0 aromatic heterocycles. The minimum absolute atomic E-state index is 0.540. The van der Waals surface area contributed by atoms with E-state index >= 15 is 0 Å². The number of nitrogens with zero attached hydrogens (tertiary/aromatic N) is 2. The number of morpholine rings is 1. The number of aliphatic carboxylic acids is 1. The smallest absolute Gasteiger partial charge is 0.332 e. The summed E-state index contributed by atoms with van der Waals surface area (Å²) in [5.41, 5.74) is 0.540.